The van der Waals surface area contributed by atoms with Crippen molar-refractivity contribution in [2.75, 3.05) is 6.54 Å². The van der Waals surface area contributed by atoms with Crippen molar-refractivity contribution in [2.45, 2.75) is 65.3 Å². The van der Waals surface area contributed by atoms with E-state index in [0.29, 0.717) is 6.04 Å². The molecule has 1 aromatic rings. The van der Waals surface area contributed by atoms with E-state index in [1.54, 1.807) is 0 Å². The molecule has 2 nitrogen and oxygen atoms in total. The standard InChI is InChI=1S/C18H30N2/c1-4-11-19-18(17-10-9-14(3)20-13-17)16-8-6-7-15(5-2)12-16/h9-10,13,15-16,18-19H,4-8,11-12H2,1-3H3. The van der Waals surface area contributed by atoms with Crippen molar-refractivity contribution in [3.8, 4) is 0 Å². The lowest BCUT2D eigenvalue weighted by Gasteiger charge is -2.35. The molecular formula is C18H30N2. The normalized spacial score (nSPS) is 24.6. The fourth-order valence-electron chi connectivity index (χ4n) is 3.53. The molecule has 0 amide bonds. The number of hydrogen-bond donors (Lipinski definition) is 1. The summed E-state index contributed by atoms with van der Waals surface area (Å²) in [7, 11) is 0. The minimum absolute atomic E-state index is 0.498. The van der Waals surface area contributed by atoms with Crippen molar-refractivity contribution in [2.24, 2.45) is 11.8 Å². The molecule has 1 N–H and O–H groups in total. The molecule has 3 atom stereocenters. The van der Waals surface area contributed by atoms with Crippen molar-refractivity contribution in [1.29, 1.82) is 0 Å². The van der Waals surface area contributed by atoms with Gasteiger partial charge in [0.25, 0.3) is 0 Å². The molecule has 3 unspecified atom stereocenters. The third kappa shape index (κ3) is 4.05. The number of aryl methyl sites for hydroxylation is 1. The maximum atomic E-state index is 4.50. The quantitative estimate of drug-likeness (QED) is 0.817. The van der Waals surface area contributed by atoms with Crippen molar-refractivity contribution in [3.05, 3.63) is 29.6 Å². The number of aromatic nitrogens is 1. The molecule has 0 spiro atoms. The summed E-state index contributed by atoms with van der Waals surface area (Å²) in [4.78, 5) is 4.50. The third-order valence-corrected chi connectivity index (χ3v) is 4.78. The lowest BCUT2D eigenvalue weighted by molar-refractivity contribution is 0.209. The predicted molar refractivity (Wildman–Crippen MR) is 85.7 cm³/mol. The molecule has 2 heteroatoms. The number of hydrogen-bond acceptors (Lipinski definition) is 2. The molecule has 0 aromatic carbocycles. The van der Waals surface area contributed by atoms with Crippen LogP contribution >= 0.6 is 0 Å². The molecule has 0 radical (unpaired) electrons. The van der Waals surface area contributed by atoms with Gasteiger partial charge in [0, 0.05) is 17.9 Å². The first kappa shape index (κ1) is 15.5. The fourth-order valence-corrected chi connectivity index (χ4v) is 3.53. The van der Waals surface area contributed by atoms with Crippen LogP contribution in [0.1, 0.15) is 69.7 Å². The molecular weight excluding hydrogens is 244 g/mol. The highest BCUT2D eigenvalue weighted by Crippen LogP contribution is 2.38. The van der Waals surface area contributed by atoms with E-state index >= 15 is 0 Å². The predicted octanol–water partition coefficient (Wildman–Crippen LogP) is 4.65. The van der Waals surface area contributed by atoms with Crippen LogP contribution in [0.15, 0.2) is 18.3 Å². The van der Waals surface area contributed by atoms with E-state index in [4.69, 9.17) is 0 Å². The molecule has 1 aromatic heterocycles. The largest absolute Gasteiger partial charge is 0.310 e. The Balaban J connectivity index is 2.11. The molecule has 0 bridgehead atoms. The van der Waals surface area contributed by atoms with Crippen LogP contribution in [-0.2, 0) is 0 Å². The topological polar surface area (TPSA) is 24.9 Å². The smallest absolute Gasteiger partial charge is 0.0372 e. The monoisotopic (exact) mass is 274 g/mol. The summed E-state index contributed by atoms with van der Waals surface area (Å²) in [6.45, 7) is 7.75. The van der Waals surface area contributed by atoms with E-state index in [-0.39, 0.29) is 0 Å². The molecule has 2 rings (SSSR count). The van der Waals surface area contributed by atoms with Crippen LogP contribution in [0.3, 0.4) is 0 Å². The minimum atomic E-state index is 0.498. The van der Waals surface area contributed by atoms with Gasteiger partial charge in [0.1, 0.15) is 0 Å². The fraction of sp³-hybridized carbons (Fsp3) is 0.722. The number of pyridine rings is 1. The van der Waals surface area contributed by atoms with Crippen LogP contribution in [0.2, 0.25) is 0 Å². The van der Waals surface area contributed by atoms with Gasteiger partial charge in [0.15, 0.2) is 0 Å². The van der Waals surface area contributed by atoms with Gasteiger partial charge in [-0.1, -0.05) is 39.2 Å². The molecule has 1 fully saturated rings. The highest BCUT2D eigenvalue weighted by Gasteiger charge is 2.28. The van der Waals surface area contributed by atoms with Crippen LogP contribution in [-0.4, -0.2) is 11.5 Å². The number of nitrogens with one attached hydrogen (secondary N) is 1. The molecule has 20 heavy (non-hydrogen) atoms. The SMILES string of the molecule is CCCNC(c1ccc(C)nc1)C1CCCC(CC)C1. The Kier molecular flexibility index (Phi) is 6.03. The third-order valence-electron chi connectivity index (χ3n) is 4.78. The van der Waals surface area contributed by atoms with Crippen LogP contribution in [0, 0.1) is 18.8 Å². The van der Waals surface area contributed by atoms with Crippen LogP contribution in [0.25, 0.3) is 0 Å². The van der Waals surface area contributed by atoms with Gasteiger partial charge in [-0.25, -0.2) is 0 Å². The molecule has 1 heterocycles. The van der Waals surface area contributed by atoms with E-state index in [1.165, 1.54) is 44.1 Å². The summed E-state index contributed by atoms with van der Waals surface area (Å²) in [5.41, 5.74) is 2.49. The van der Waals surface area contributed by atoms with E-state index in [2.05, 4.69) is 49.4 Å². The Morgan fingerprint density at radius 3 is 2.80 bits per heavy atom. The lowest BCUT2D eigenvalue weighted by Crippen LogP contribution is -2.32. The summed E-state index contributed by atoms with van der Waals surface area (Å²) in [5.74, 6) is 1.71. The second-order valence-corrected chi connectivity index (χ2v) is 6.37. The van der Waals surface area contributed by atoms with Crippen LogP contribution in [0.4, 0.5) is 0 Å². The van der Waals surface area contributed by atoms with E-state index in [1.807, 2.05) is 0 Å². The minimum Gasteiger partial charge on any atom is -0.310 e. The van der Waals surface area contributed by atoms with Gasteiger partial charge in [-0.15, -0.1) is 0 Å². The molecule has 1 saturated carbocycles. The van der Waals surface area contributed by atoms with Gasteiger partial charge >= 0.3 is 0 Å². The maximum absolute atomic E-state index is 4.50. The summed E-state index contributed by atoms with van der Waals surface area (Å²) in [5, 5.41) is 3.78. The van der Waals surface area contributed by atoms with Gasteiger partial charge < -0.3 is 5.32 Å². The van der Waals surface area contributed by atoms with E-state index in [9.17, 15) is 0 Å². The summed E-state index contributed by atoms with van der Waals surface area (Å²) in [6.07, 6.45) is 10.2. The van der Waals surface area contributed by atoms with Gasteiger partial charge in [-0.05, 0) is 56.2 Å². The van der Waals surface area contributed by atoms with Gasteiger partial charge in [-0.3, -0.25) is 4.98 Å². The van der Waals surface area contributed by atoms with Crippen LogP contribution in [0.5, 0.6) is 0 Å². The van der Waals surface area contributed by atoms with E-state index in [0.717, 1.165) is 24.1 Å². The van der Waals surface area contributed by atoms with E-state index < -0.39 is 0 Å². The summed E-state index contributed by atoms with van der Waals surface area (Å²) < 4.78 is 0. The summed E-state index contributed by atoms with van der Waals surface area (Å²) >= 11 is 0. The molecule has 112 valence electrons. The van der Waals surface area contributed by atoms with Crippen molar-refractivity contribution < 1.29 is 0 Å². The molecule has 0 aliphatic heterocycles. The zero-order valence-electron chi connectivity index (χ0n) is 13.4. The first-order valence-corrected chi connectivity index (χ1v) is 8.40. The Labute approximate surface area is 124 Å². The van der Waals surface area contributed by atoms with Crippen molar-refractivity contribution in [1.82, 2.24) is 10.3 Å². The second-order valence-electron chi connectivity index (χ2n) is 6.37. The van der Waals surface area contributed by atoms with Gasteiger partial charge in [0.05, 0.1) is 0 Å². The average molecular weight is 274 g/mol. The second kappa shape index (κ2) is 7.78. The average Bonchev–Trinajstić information content (AvgIpc) is 2.49. The van der Waals surface area contributed by atoms with Crippen molar-refractivity contribution >= 4 is 0 Å². The lowest BCUT2D eigenvalue weighted by atomic mass is 9.75. The number of rotatable bonds is 6. The van der Waals surface area contributed by atoms with Crippen molar-refractivity contribution in [3.63, 3.8) is 0 Å². The van der Waals surface area contributed by atoms with Gasteiger partial charge in [0.2, 0.25) is 0 Å². The zero-order valence-corrected chi connectivity index (χ0v) is 13.4. The Morgan fingerprint density at radius 2 is 2.15 bits per heavy atom. The van der Waals surface area contributed by atoms with Gasteiger partial charge in [-0.2, -0.15) is 0 Å². The molecule has 1 aliphatic rings. The molecule has 0 saturated heterocycles. The Bertz CT molecular complexity index is 385. The van der Waals surface area contributed by atoms with Crippen LogP contribution < -0.4 is 5.32 Å². The summed E-state index contributed by atoms with van der Waals surface area (Å²) in [6, 6.07) is 4.92. The maximum Gasteiger partial charge on any atom is 0.0372 e. The Hall–Kier alpha value is -0.890. The highest BCUT2D eigenvalue weighted by molar-refractivity contribution is 5.18. The number of nitrogens with zero attached hydrogens (tertiary/aromatic N) is 1. The first-order valence-electron chi connectivity index (χ1n) is 8.40. The Morgan fingerprint density at radius 1 is 1.30 bits per heavy atom. The highest BCUT2D eigenvalue weighted by atomic mass is 14.9. The first-order chi connectivity index (χ1) is 9.74. The zero-order chi connectivity index (χ0) is 14.4. The molecule has 1 aliphatic carbocycles.